The van der Waals surface area contributed by atoms with Gasteiger partial charge in [0.2, 0.25) is 0 Å². The third kappa shape index (κ3) is 10.1. The summed E-state index contributed by atoms with van der Waals surface area (Å²) in [7, 11) is 0. The van der Waals surface area contributed by atoms with Crippen molar-refractivity contribution in [3.05, 3.63) is 128 Å². The zero-order valence-corrected chi connectivity index (χ0v) is 31.9. The van der Waals surface area contributed by atoms with Crippen molar-refractivity contribution in [2.45, 2.75) is 57.0 Å². The number of fused-ring (bicyclic) bond motifs is 3. The Hall–Kier alpha value is -5.05. The molecule has 4 aromatic rings. The van der Waals surface area contributed by atoms with E-state index in [1.54, 1.807) is 0 Å². The summed E-state index contributed by atoms with van der Waals surface area (Å²) in [5.41, 5.74) is 0.829. The maximum absolute atomic E-state index is 13.9. The molecule has 0 spiro atoms. The molecular formula is C41H38Cl2F3N3O8. The monoisotopic (exact) mass is 827 g/mol. The molecule has 2 bridgehead atoms. The molecule has 2 unspecified atom stereocenters. The van der Waals surface area contributed by atoms with E-state index in [-0.39, 0.29) is 69.2 Å². The summed E-state index contributed by atoms with van der Waals surface area (Å²) in [4.78, 5) is 43.5. The predicted molar refractivity (Wildman–Crippen MR) is 201 cm³/mol. The van der Waals surface area contributed by atoms with Gasteiger partial charge in [-0.25, -0.2) is 14.0 Å². The molecule has 4 fully saturated rings. The third-order valence-corrected chi connectivity index (χ3v) is 11.0. The molecule has 16 heteroatoms. The van der Waals surface area contributed by atoms with Crippen molar-refractivity contribution in [1.29, 1.82) is 0 Å². The van der Waals surface area contributed by atoms with E-state index in [2.05, 4.69) is 15.0 Å². The first-order valence-corrected chi connectivity index (χ1v) is 19.2. The van der Waals surface area contributed by atoms with Gasteiger partial charge < -0.3 is 29.5 Å². The number of nitrogens with one attached hydrogen (secondary N) is 1. The molecule has 3 saturated heterocycles. The Morgan fingerprint density at radius 1 is 0.895 bits per heavy atom. The lowest BCUT2D eigenvalue weighted by molar-refractivity contribution is -0.605. The maximum atomic E-state index is 13.9. The molecule has 1 aromatic heterocycles. The van der Waals surface area contributed by atoms with E-state index in [9.17, 15) is 32.8 Å². The highest BCUT2D eigenvalue weighted by molar-refractivity contribution is 6.35. The number of amides is 1. The molecule has 1 aliphatic carbocycles. The van der Waals surface area contributed by atoms with E-state index in [0.717, 1.165) is 51.2 Å². The molecule has 1 saturated carbocycles. The zero-order chi connectivity index (χ0) is 40.2. The van der Waals surface area contributed by atoms with Crippen LogP contribution in [0.3, 0.4) is 0 Å². The largest absolute Gasteiger partial charge is 0.619 e. The highest BCUT2D eigenvalue weighted by Crippen LogP contribution is 2.38. The summed E-state index contributed by atoms with van der Waals surface area (Å²) < 4.78 is 63.3. The molecule has 3 aliphatic heterocycles. The van der Waals surface area contributed by atoms with Gasteiger partial charge in [-0.05, 0) is 104 Å². The van der Waals surface area contributed by atoms with Gasteiger partial charge in [0.1, 0.15) is 28.1 Å². The number of hydrogen-bond acceptors (Lipinski definition) is 9. The number of aromatic nitrogens is 1. The predicted octanol–water partition coefficient (Wildman–Crippen LogP) is 7.41. The number of rotatable bonds is 15. The molecule has 3 aromatic carbocycles. The van der Waals surface area contributed by atoms with Crippen molar-refractivity contribution in [3.63, 3.8) is 0 Å². The zero-order valence-electron chi connectivity index (χ0n) is 30.4. The summed E-state index contributed by atoms with van der Waals surface area (Å²) in [6.45, 7) is -0.398. The summed E-state index contributed by atoms with van der Waals surface area (Å²) in [5.74, 6) is -2.56. The smallest absolute Gasteiger partial charge is 0.387 e. The number of carbonyl (C=O) groups excluding carboxylic acids is 3. The number of pyridine rings is 1. The Labute approximate surface area is 336 Å². The van der Waals surface area contributed by atoms with E-state index < -0.39 is 42.4 Å². The number of hydrogen-bond donors (Lipinski definition) is 1. The number of esters is 2. The Balaban J connectivity index is 1.13. The van der Waals surface area contributed by atoms with Crippen molar-refractivity contribution in [3.8, 4) is 11.5 Å². The number of alkyl halides is 2. The molecule has 8 rings (SSSR count). The highest BCUT2D eigenvalue weighted by atomic mass is 35.5. The second-order valence-corrected chi connectivity index (χ2v) is 15.2. The molecule has 0 radical (unpaired) electrons. The van der Waals surface area contributed by atoms with Crippen LogP contribution in [0, 0.1) is 22.9 Å². The molecule has 3 atom stereocenters. The second kappa shape index (κ2) is 17.6. The van der Waals surface area contributed by atoms with Crippen LogP contribution >= 0.6 is 23.2 Å². The van der Waals surface area contributed by atoms with Crippen molar-refractivity contribution < 1.29 is 51.2 Å². The van der Waals surface area contributed by atoms with Gasteiger partial charge in [-0.3, -0.25) is 9.69 Å². The summed E-state index contributed by atoms with van der Waals surface area (Å²) in [6, 6.07) is 13.6. The van der Waals surface area contributed by atoms with Crippen LogP contribution in [0.2, 0.25) is 10.0 Å². The molecule has 4 heterocycles. The van der Waals surface area contributed by atoms with Crippen LogP contribution in [0.15, 0.2) is 79.1 Å². The van der Waals surface area contributed by atoms with Gasteiger partial charge in [0.25, 0.3) is 5.91 Å². The van der Waals surface area contributed by atoms with E-state index in [0.29, 0.717) is 22.4 Å². The van der Waals surface area contributed by atoms with E-state index in [4.69, 9.17) is 37.4 Å². The van der Waals surface area contributed by atoms with Gasteiger partial charge in [-0.2, -0.15) is 13.5 Å². The fourth-order valence-electron chi connectivity index (χ4n) is 7.06. The first-order chi connectivity index (χ1) is 27.4. The fraction of sp³-hybridized carbons (Fsp3) is 0.366. The van der Waals surface area contributed by atoms with Gasteiger partial charge in [0, 0.05) is 24.1 Å². The molecule has 300 valence electrons. The Kier molecular flexibility index (Phi) is 12.4. The Bertz CT molecular complexity index is 2090. The topological polar surface area (TPSA) is 130 Å². The molecule has 1 amide bonds. The lowest BCUT2D eigenvalue weighted by Gasteiger charge is -2.44. The Morgan fingerprint density at radius 3 is 2.23 bits per heavy atom. The molecule has 4 aliphatic rings. The van der Waals surface area contributed by atoms with Crippen LogP contribution < -0.4 is 19.5 Å². The lowest BCUT2D eigenvalue weighted by atomic mass is 9.86. The lowest BCUT2D eigenvalue weighted by Crippen LogP contribution is -2.52. The van der Waals surface area contributed by atoms with Gasteiger partial charge in [0.05, 0.1) is 12.2 Å². The molecular weight excluding hydrogens is 790 g/mol. The number of ether oxygens (including phenoxy) is 4. The standard InChI is InChI=1S/C41H38Cl2F3N3O8/c42-31-19-49(53)20-32(43)30(31)18-34(26-8-11-33(57-41(45)46)35(17-26)54-22-23-4-5-23)55-39(51)28-3-1-2-27(16-28)38(50)47-37(25-6-9-29(44)10-7-25)40(52)56-36-21-48-14-12-24(36)13-15-48/h1-3,6-11,16-17,19-20,23-24,34,36-37,41H,4-5,12-15,18,21-22H2,(H,47,50)/t34?,36-,37?/m0/s1. The van der Waals surface area contributed by atoms with Gasteiger partial charge in [-0.1, -0.05) is 47.5 Å². The van der Waals surface area contributed by atoms with Crippen LogP contribution in [-0.4, -0.2) is 61.7 Å². The van der Waals surface area contributed by atoms with E-state index in [1.807, 2.05) is 0 Å². The van der Waals surface area contributed by atoms with E-state index >= 15 is 0 Å². The first-order valence-electron chi connectivity index (χ1n) is 18.5. The van der Waals surface area contributed by atoms with Gasteiger partial charge >= 0.3 is 18.6 Å². The van der Waals surface area contributed by atoms with Crippen LogP contribution in [0.1, 0.15) is 75.2 Å². The van der Waals surface area contributed by atoms with Crippen LogP contribution in [0.5, 0.6) is 11.5 Å². The molecule has 1 N–H and O–H groups in total. The minimum atomic E-state index is -3.13. The maximum Gasteiger partial charge on any atom is 0.387 e. The number of carbonyl (C=O) groups is 3. The number of nitrogens with zero attached hydrogens (tertiary/aromatic N) is 2. The second-order valence-electron chi connectivity index (χ2n) is 14.4. The fourth-order valence-corrected chi connectivity index (χ4v) is 7.65. The van der Waals surface area contributed by atoms with Crippen LogP contribution in [0.25, 0.3) is 0 Å². The normalized spacial score (nSPS) is 19.7. The average Bonchev–Trinajstić information content (AvgIpc) is 4.03. The number of piperidine rings is 3. The summed E-state index contributed by atoms with van der Waals surface area (Å²) >= 11 is 12.8. The number of benzene rings is 3. The number of halogens is 5. The van der Waals surface area contributed by atoms with Crippen molar-refractivity contribution in [2.24, 2.45) is 11.8 Å². The SMILES string of the molecule is O=C(NC(C(=O)O[C@H]1CN2CCC1CC2)c1ccc(F)cc1)c1cccc(C(=O)OC(Cc2c(Cl)c[n+]([O-])cc2Cl)c2ccc(OC(F)F)c(OCC3CC3)c2)c1. The van der Waals surface area contributed by atoms with Gasteiger partial charge in [0.15, 0.2) is 29.9 Å². The van der Waals surface area contributed by atoms with Crippen molar-refractivity contribution >= 4 is 41.0 Å². The minimum Gasteiger partial charge on any atom is -0.619 e. The summed E-state index contributed by atoms with van der Waals surface area (Å²) in [5, 5.41) is 14.7. The molecule has 11 nitrogen and oxygen atoms in total. The first kappa shape index (κ1) is 40.2. The third-order valence-electron chi connectivity index (χ3n) is 10.4. The Morgan fingerprint density at radius 2 is 1.58 bits per heavy atom. The highest BCUT2D eigenvalue weighted by Gasteiger charge is 2.38. The minimum absolute atomic E-state index is 0.00200. The van der Waals surface area contributed by atoms with Gasteiger partial charge in [-0.15, -0.1) is 0 Å². The van der Waals surface area contributed by atoms with Crippen LogP contribution in [-0.2, 0) is 20.7 Å². The average molecular weight is 829 g/mol. The van der Waals surface area contributed by atoms with Crippen molar-refractivity contribution in [2.75, 3.05) is 26.2 Å². The van der Waals surface area contributed by atoms with Crippen LogP contribution in [0.4, 0.5) is 13.2 Å². The quantitative estimate of drug-likeness (QED) is 0.0740. The van der Waals surface area contributed by atoms with Crippen molar-refractivity contribution in [1.82, 2.24) is 10.2 Å². The van der Waals surface area contributed by atoms with E-state index in [1.165, 1.54) is 66.7 Å². The molecule has 57 heavy (non-hydrogen) atoms. The summed E-state index contributed by atoms with van der Waals surface area (Å²) in [6.07, 6.45) is 4.17.